The fourth-order valence-corrected chi connectivity index (χ4v) is 2.73. The van der Waals surface area contributed by atoms with Gasteiger partial charge in [-0.3, -0.25) is 0 Å². The van der Waals surface area contributed by atoms with Crippen LogP contribution in [0.2, 0.25) is 0 Å². The minimum Gasteiger partial charge on any atom is -0.491 e. The minimum atomic E-state index is -0.678. The molecule has 0 unspecified atom stereocenters. The zero-order valence-corrected chi connectivity index (χ0v) is 13.7. The highest BCUT2D eigenvalue weighted by molar-refractivity contribution is 5.75. The minimum absolute atomic E-state index is 0.143. The molecule has 1 aromatic heterocycles. The number of para-hydroxylation sites is 2. The van der Waals surface area contributed by atoms with Crippen LogP contribution in [0, 0.1) is 5.82 Å². The van der Waals surface area contributed by atoms with Gasteiger partial charge in [0.1, 0.15) is 30.1 Å². The van der Waals surface area contributed by atoms with Crippen LogP contribution in [0.15, 0.2) is 48.5 Å². The normalized spacial score (nSPS) is 12.5. The zero-order chi connectivity index (χ0) is 16.9. The van der Waals surface area contributed by atoms with E-state index in [1.165, 1.54) is 12.1 Å². The molecule has 3 aromatic rings. The third-order valence-electron chi connectivity index (χ3n) is 3.86. The van der Waals surface area contributed by atoms with Crippen LogP contribution in [-0.2, 0) is 13.0 Å². The van der Waals surface area contributed by atoms with Gasteiger partial charge in [-0.1, -0.05) is 19.1 Å². The molecular formula is C19H21FN2O2. The number of aliphatic hydroxyl groups excluding tert-OH is 1. The summed E-state index contributed by atoms with van der Waals surface area (Å²) in [6.07, 6.45) is 1.18. The van der Waals surface area contributed by atoms with Gasteiger partial charge in [0, 0.05) is 6.42 Å². The molecular weight excluding hydrogens is 307 g/mol. The Morgan fingerprint density at radius 2 is 1.92 bits per heavy atom. The summed E-state index contributed by atoms with van der Waals surface area (Å²) in [5, 5.41) is 10.3. The maximum atomic E-state index is 12.9. The van der Waals surface area contributed by atoms with E-state index >= 15 is 0 Å². The van der Waals surface area contributed by atoms with Gasteiger partial charge in [0.15, 0.2) is 0 Å². The Morgan fingerprint density at radius 3 is 2.67 bits per heavy atom. The van der Waals surface area contributed by atoms with Gasteiger partial charge in [-0.05, 0) is 42.8 Å². The van der Waals surface area contributed by atoms with Crippen molar-refractivity contribution < 1.29 is 14.2 Å². The molecule has 1 atom stereocenters. The lowest BCUT2D eigenvalue weighted by Gasteiger charge is -2.15. The first kappa shape index (κ1) is 16.5. The van der Waals surface area contributed by atoms with Crippen molar-refractivity contribution in [2.45, 2.75) is 32.4 Å². The molecule has 126 valence electrons. The molecule has 3 rings (SSSR count). The summed E-state index contributed by atoms with van der Waals surface area (Å²) in [4.78, 5) is 4.65. The maximum absolute atomic E-state index is 12.9. The van der Waals surface area contributed by atoms with Crippen LogP contribution in [0.3, 0.4) is 0 Å². The zero-order valence-electron chi connectivity index (χ0n) is 13.7. The standard InChI is InChI=1S/C19H21FN2O2/c1-2-5-19-21-17-6-3-4-7-18(17)22(19)12-15(23)13-24-16-10-8-14(20)9-11-16/h3-4,6-11,15,23H,2,5,12-13H2,1H3/t15-/m1/s1. The van der Waals surface area contributed by atoms with E-state index < -0.39 is 6.10 Å². The Kier molecular flexibility index (Phi) is 5.11. The smallest absolute Gasteiger partial charge is 0.123 e. The van der Waals surface area contributed by atoms with Crippen molar-refractivity contribution in [3.05, 3.63) is 60.2 Å². The largest absolute Gasteiger partial charge is 0.491 e. The summed E-state index contributed by atoms with van der Waals surface area (Å²) in [5.74, 6) is 1.20. The number of ether oxygens (including phenoxy) is 1. The number of halogens is 1. The second-order valence-corrected chi connectivity index (χ2v) is 5.80. The van der Waals surface area contributed by atoms with Crippen molar-refractivity contribution in [1.29, 1.82) is 0 Å². The van der Waals surface area contributed by atoms with Crippen LogP contribution in [0.4, 0.5) is 4.39 Å². The molecule has 5 heteroatoms. The fraction of sp³-hybridized carbons (Fsp3) is 0.316. The summed E-state index contributed by atoms with van der Waals surface area (Å²) in [6.45, 7) is 2.67. The first-order valence-corrected chi connectivity index (χ1v) is 8.18. The molecule has 4 nitrogen and oxygen atoms in total. The molecule has 0 spiro atoms. The monoisotopic (exact) mass is 328 g/mol. The van der Waals surface area contributed by atoms with Crippen LogP contribution in [0.1, 0.15) is 19.2 Å². The molecule has 0 aliphatic carbocycles. The van der Waals surface area contributed by atoms with E-state index in [0.29, 0.717) is 12.3 Å². The molecule has 0 saturated heterocycles. The Bertz CT molecular complexity index is 799. The van der Waals surface area contributed by atoms with Crippen molar-refractivity contribution in [1.82, 2.24) is 9.55 Å². The SMILES string of the molecule is CCCc1nc2ccccc2n1C[C@@H](O)COc1ccc(F)cc1. The van der Waals surface area contributed by atoms with Crippen LogP contribution >= 0.6 is 0 Å². The third kappa shape index (κ3) is 3.74. The molecule has 0 aliphatic heterocycles. The molecule has 0 saturated carbocycles. The number of hydrogen-bond donors (Lipinski definition) is 1. The van der Waals surface area contributed by atoms with E-state index in [9.17, 15) is 9.50 Å². The number of aryl methyl sites for hydroxylation is 1. The molecule has 0 amide bonds. The van der Waals surface area contributed by atoms with Gasteiger partial charge in [-0.25, -0.2) is 9.37 Å². The van der Waals surface area contributed by atoms with E-state index in [1.807, 2.05) is 24.3 Å². The predicted octanol–water partition coefficient (Wildman–Crippen LogP) is 3.57. The Hall–Kier alpha value is -2.40. The topological polar surface area (TPSA) is 47.3 Å². The molecule has 1 heterocycles. The van der Waals surface area contributed by atoms with Crippen molar-refractivity contribution in [3.63, 3.8) is 0 Å². The average Bonchev–Trinajstić information content (AvgIpc) is 2.92. The second-order valence-electron chi connectivity index (χ2n) is 5.80. The number of imidazole rings is 1. The highest BCUT2D eigenvalue weighted by Crippen LogP contribution is 2.18. The Morgan fingerprint density at radius 1 is 1.17 bits per heavy atom. The first-order valence-electron chi connectivity index (χ1n) is 8.18. The lowest BCUT2D eigenvalue weighted by molar-refractivity contribution is 0.0927. The quantitative estimate of drug-likeness (QED) is 0.721. The molecule has 2 aromatic carbocycles. The van der Waals surface area contributed by atoms with Gasteiger partial charge in [-0.2, -0.15) is 0 Å². The number of nitrogens with zero attached hydrogens (tertiary/aromatic N) is 2. The predicted molar refractivity (Wildman–Crippen MR) is 91.6 cm³/mol. The summed E-state index contributed by atoms with van der Waals surface area (Å²) >= 11 is 0. The van der Waals surface area contributed by atoms with Crippen LogP contribution in [-0.4, -0.2) is 27.4 Å². The molecule has 0 radical (unpaired) electrons. The average molecular weight is 328 g/mol. The first-order chi connectivity index (χ1) is 11.7. The molecule has 0 fully saturated rings. The number of hydrogen-bond acceptors (Lipinski definition) is 3. The molecule has 1 N–H and O–H groups in total. The van der Waals surface area contributed by atoms with Crippen molar-refractivity contribution in [2.24, 2.45) is 0 Å². The summed E-state index contributed by atoms with van der Waals surface area (Å²) in [7, 11) is 0. The second kappa shape index (κ2) is 7.45. The number of benzene rings is 2. The van der Waals surface area contributed by atoms with Gasteiger partial charge in [0.25, 0.3) is 0 Å². The van der Waals surface area contributed by atoms with Gasteiger partial charge in [-0.15, -0.1) is 0 Å². The Balaban J connectivity index is 1.71. The van der Waals surface area contributed by atoms with Crippen molar-refractivity contribution in [2.75, 3.05) is 6.61 Å². The van der Waals surface area contributed by atoms with Gasteiger partial charge < -0.3 is 14.4 Å². The lowest BCUT2D eigenvalue weighted by atomic mass is 10.3. The van der Waals surface area contributed by atoms with Gasteiger partial charge in [0.05, 0.1) is 17.6 Å². The van der Waals surface area contributed by atoms with E-state index in [4.69, 9.17) is 4.74 Å². The number of aromatic nitrogens is 2. The summed E-state index contributed by atoms with van der Waals surface area (Å²) in [6, 6.07) is 13.7. The number of rotatable bonds is 7. The van der Waals surface area contributed by atoms with E-state index in [1.54, 1.807) is 12.1 Å². The maximum Gasteiger partial charge on any atom is 0.123 e. The van der Waals surface area contributed by atoms with E-state index in [2.05, 4.69) is 16.5 Å². The fourth-order valence-electron chi connectivity index (χ4n) is 2.73. The van der Waals surface area contributed by atoms with Gasteiger partial charge in [0.2, 0.25) is 0 Å². The highest BCUT2D eigenvalue weighted by Gasteiger charge is 2.14. The third-order valence-corrected chi connectivity index (χ3v) is 3.86. The number of fused-ring (bicyclic) bond motifs is 1. The van der Waals surface area contributed by atoms with E-state index in [-0.39, 0.29) is 12.4 Å². The van der Waals surface area contributed by atoms with Gasteiger partial charge >= 0.3 is 0 Å². The molecule has 0 bridgehead atoms. The summed E-state index contributed by atoms with van der Waals surface area (Å²) in [5.41, 5.74) is 1.95. The highest BCUT2D eigenvalue weighted by atomic mass is 19.1. The lowest BCUT2D eigenvalue weighted by Crippen LogP contribution is -2.24. The summed E-state index contributed by atoms with van der Waals surface area (Å²) < 4.78 is 20.5. The molecule has 24 heavy (non-hydrogen) atoms. The van der Waals surface area contributed by atoms with Crippen molar-refractivity contribution >= 4 is 11.0 Å². The van der Waals surface area contributed by atoms with Crippen LogP contribution < -0.4 is 4.74 Å². The van der Waals surface area contributed by atoms with Crippen LogP contribution in [0.5, 0.6) is 5.75 Å². The van der Waals surface area contributed by atoms with E-state index in [0.717, 1.165) is 29.7 Å². The molecule has 0 aliphatic rings. The van der Waals surface area contributed by atoms with Crippen LogP contribution in [0.25, 0.3) is 11.0 Å². The Labute approximate surface area is 140 Å². The number of aliphatic hydroxyl groups is 1. The van der Waals surface area contributed by atoms with Crippen molar-refractivity contribution in [3.8, 4) is 5.75 Å².